The van der Waals surface area contributed by atoms with E-state index in [-0.39, 0.29) is 23.8 Å². The predicted molar refractivity (Wildman–Crippen MR) is 76.2 cm³/mol. The lowest BCUT2D eigenvalue weighted by atomic mass is 10.1. The van der Waals surface area contributed by atoms with E-state index in [4.69, 9.17) is 0 Å². The van der Waals surface area contributed by atoms with Crippen LogP contribution >= 0.6 is 11.3 Å². The van der Waals surface area contributed by atoms with Gasteiger partial charge in [-0.05, 0) is 35.2 Å². The van der Waals surface area contributed by atoms with E-state index in [2.05, 4.69) is 0 Å². The van der Waals surface area contributed by atoms with Crippen molar-refractivity contribution in [1.29, 1.82) is 0 Å². The van der Waals surface area contributed by atoms with Gasteiger partial charge in [-0.3, -0.25) is 4.79 Å². The van der Waals surface area contributed by atoms with Crippen LogP contribution in [-0.2, 0) is 6.42 Å². The summed E-state index contributed by atoms with van der Waals surface area (Å²) in [7, 11) is 0. The van der Waals surface area contributed by atoms with Crippen LogP contribution in [0.4, 0.5) is 8.78 Å². The number of ketones is 1. The Bertz CT molecular complexity index is 792. The van der Waals surface area contributed by atoms with E-state index in [1.807, 2.05) is 0 Å². The van der Waals surface area contributed by atoms with Gasteiger partial charge in [-0.25, -0.2) is 8.78 Å². The van der Waals surface area contributed by atoms with Gasteiger partial charge < -0.3 is 0 Å². The molecule has 0 aliphatic heterocycles. The van der Waals surface area contributed by atoms with Crippen LogP contribution in [0.15, 0.2) is 48.5 Å². The minimum atomic E-state index is -0.381. The molecule has 3 aromatic rings. The van der Waals surface area contributed by atoms with Gasteiger partial charge >= 0.3 is 0 Å². The van der Waals surface area contributed by atoms with Crippen LogP contribution in [0, 0.1) is 11.6 Å². The summed E-state index contributed by atoms with van der Waals surface area (Å²) in [5.41, 5.74) is 0.376. The average Bonchev–Trinajstić information content (AvgIpc) is 2.84. The smallest absolute Gasteiger partial charge is 0.177 e. The van der Waals surface area contributed by atoms with Gasteiger partial charge in [-0.2, -0.15) is 0 Å². The molecule has 0 radical (unpaired) electrons. The Labute approximate surface area is 118 Å². The van der Waals surface area contributed by atoms with E-state index in [1.165, 1.54) is 29.5 Å². The van der Waals surface area contributed by atoms with Gasteiger partial charge in [0.25, 0.3) is 0 Å². The maximum atomic E-state index is 13.5. The number of benzene rings is 2. The highest BCUT2D eigenvalue weighted by molar-refractivity contribution is 7.20. The van der Waals surface area contributed by atoms with Gasteiger partial charge in [-0.15, -0.1) is 11.3 Å². The number of fused-ring (bicyclic) bond motifs is 1. The molecular formula is C16H10F2OS. The minimum Gasteiger partial charge on any atom is -0.293 e. The topological polar surface area (TPSA) is 17.1 Å². The molecule has 0 bridgehead atoms. The number of halogens is 2. The average molecular weight is 288 g/mol. The van der Waals surface area contributed by atoms with Crippen LogP contribution in [0.5, 0.6) is 0 Å². The Hall–Kier alpha value is -2.07. The zero-order valence-electron chi connectivity index (χ0n) is 10.4. The number of carbonyl (C=O) groups is 1. The van der Waals surface area contributed by atoms with Gasteiger partial charge in [0.15, 0.2) is 5.78 Å². The van der Waals surface area contributed by atoms with Crippen LogP contribution in [0.1, 0.15) is 15.2 Å². The molecular weight excluding hydrogens is 278 g/mol. The Morgan fingerprint density at radius 2 is 1.85 bits per heavy atom. The first-order valence-electron chi connectivity index (χ1n) is 6.09. The molecule has 1 heterocycles. The second-order valence-electron chi connectivity index (χ2n) is 4.48. The highest BCUT2D eigenvalue weighted by atomic mass is 32.1. The first-order chi connectivity index (χ1) is 9.63. The molecule has 0 atom stereocenters. The van der Waals surface area contributed by atoms with E-state index in [1.54, 1.807) is 30.3 Å². The molecule has 0 spiro atoms. The number of thiophene rings is 1. The van der Waals surface area contributed by atoms with Crippen molar-refractivity contribution in [2.24, 2.45) is 0 Å². The van der Waals surface area contributed by atoms with Crippen molar-refractivity contribution >= 4 is 27.2 Å². The van der Waals surface area contributed by atoms with Crippen LogP contribution in [0.3, 0.4) is 0 Å². The lowest BCUT2D eigenvalue weighted by Gasteiger charge is -2.00. The molecule has 3 rings (SSSR count). The molecule has 0 amide bonds. The Morgan fingerprint density at radius 1 is 1.05 bits per heavy atom. The van der Waals surface area contributed by atoms with E-state index in [9.17, 15) is 13.6 Å². The SMILES string of the molecule is O=C(Cc1ccccc1F)c1cc2ccc(F)cc2s1. The summed E-state index contributed by atoms with van der Waals surface area (Å²) < 4.78 is 27.4. The van der Waals surface area contributed by atoms with E-state index >= 15 is 0 Å². The molecule has 2 aromatic carbocycles. The third-order valence-electron chi connectivity index (χ3n) is 3.07. The highest BCUT2D eigenvalue weighted by Gasteiger charge is 2.13. The van der Waals surface area contributed by atoms with Crippen molar-refractivity contribution in [3.05, 3.63) is 70.6 Å². The highest BCUT2D eigenvalue weighted by Crippen LogP contribution is 2.27. The third-order valence-corrected chi connectivity index (χ3v) is 4.20. The van der Waals surface area contributed by atoms with Gasteiger partial charge in [0, 0.05) is 11.1 Å². The zero-order chi connectivity index (χ0) is 14.1. The van der Waals surface area contributed by atoms with Crippen molar-refractivity contribution in [2.75, 3.05) is 0 Å². The Morgan fingerprint density at radius 3 is 2.65 bits per heavy atom. The molecule has 20 heavy (non-hydrogen) atoms. The molecule has 0 aliphatic carbocycles. The van der Waals surface area contributed by atoms with Crippen molar-refractivity contribution in [1.82, 2.24) is 0 Å². The fraction of sp³-hybridized carbons (Fsp3) is 0.0625. The number of hydrogen-bond acceptors (Lipinski definition) is 2. The summed E-state index contributed by atoms with van der Waals surface area (Å²) in [5, 5.41) is 0.827. The molecule has 0 unspecified atom stereocenters. The molecule has 0 saturated heterocycles. The van der Waals surface area contributed by atoms with Crippen molar-refractivity contribution in [2.45, 2.75) is 6.42 Å². The van der Waals surface area contributed by atoms with Gasteiger partial charge in [0.2, 0.25) is 0 Å². The summed E-state index contributed by atoms with van der Waals surface area (Å²) in [4.78, 5) is 12.7. The molecule has 4 heteroatoms. The normalized spacial score (nSPS) is 10.9. The van der Waals surface area contributed by atoms with Crippen molar-refractivity contribution in [3.8, 4) is 0 Å². The fourth-order valence-corrected chi connectivity index (χ4v) is 3.07. The van der Waals surface area contributed by atoms with Gasteiger partial charge in [0.1, 0.15) is 11.6 Å². The van der Waals surface area contributed by atoms with Crippen molar-refractivity contribution < 1.29 is 13.6 Å². The monoisotopic (exact) mass is 288 g/mol. The quantitative estimate of drug-likeness (QED) is 0.643. The third kappa shape index (κ3) is 2.47. The second kappa shape index (κ2) is 5.13. The Kier molecular flexibility index (Phi) is 3.32. The van der Waals surface area contributed by atoms with Crippen LogP contribution < -0.4 is 0 Å². The summed E-state index contributed by atoms with van der Waals surface area (Å²) >= 11 is 1.23. The van der Waals surface area contributed by atoms with Crippen LogP contribution in [0.2, 0.25) is 0 Å². The van der Waals surface area contributed by atoms with Crippen LogP contribution in [0.25, 0.3) is 10.1 Å². The molecule has 0 fully saturated rings. The van der Waals surface area contributed by atoms with E-state index in [0.717, 1.165) is 10.1 Å². The number of hydrogen-bond donors (Lipinski definition) is 0. The van der Waals surface area contributed by atoms with Crippen molar-refractivity contribution in [3.63, 3.8) is 0 Å². The summed E-state index contributed by atoms with van der Waals surface area (Å²) in [6, 6.07) is 12.4. The molecule has 0 N–H and O–H groups in total. The predicted octanol–water partition coefficient (Wildman–Crippen LogP) is 4.60. The summed E-state index contributed by atoms with van der Waals surface area (Å²) in [5.74, 6) is -0.864. The number of carbonyl (C=O) groups excluding carboxylic acids is 1. The largest absolute Gasteiger partial charge is 0.293 e. The van der Waals surface area contributed by atoms with E-state index < -0.39 is 0 Å². The maximum Gasteiger partial charge on any atom is 0.177 e. The minimum absolute atomic E-state index is 0.0159. The lowest BCUT2D eigenvalue weighted by molar-refractivity contribution is 0.0995. The zero-order valence-corrected chi connectivity index (χ0v) is 11.2. The first kappa shape index (κ1) is 12.9. The molecule has 1 nitrogen and oxygen atoms in total. The van der Waals surface area contributed by atoms with Gasteiger partial charge in [-0.1, -0.05) is 24.3 Å². The maximum absolute atomic E-state index is 13.5. The second-order valence-corrected chi connectivity index (χ2v) is 5.57. The first-order valence-corrected chi connectivity index (χ1v) is 6.91. The molecule has 100 valence electrons. The summed E-state index contributed by atoms with van der Waals surface area (Å²) in [6.07, 6.45) is 0.0159. The molecule has 0 aliphatic rings. The number of rotatable bonds is 3. The van der Waals surface area contributed by atoms with Gasteiger partial charge in [0.05, 0.1) is 4.88 Å². The molecule has 0 saturated carbocycles. The standard InChI is InChI=1S/C16H10F2OS/c17-12-6-5-11-8-16(20-15(11)9-12)14(19)7-10-3-1-2-4-13(10)18/h1-6,8-9H,7H2. The number of Topliss-reactive ketones (excluding diaryl/α,β-unsaturated/α-hetero) is 1. The fourth-order valence-electron chi connectivity index (χ4n) is 2.04. The lowest BCUT2D eigenvalue weighted by Crippen LogP contribution is -2.02. The van der Waals surface area contributed by atoms with E-state index in [0.29, 0.717) is 10.4 Å². The Balaban J connectivity index is 1.91. The summed E-state index contributed by atoms with van der Waals surface area (Å²) in [6.45, 7) is 0. The molecule has 1 aromatic heterocycles. The van der Waals surface area contributed by atoms with Crippen LogP contribution in [-0.4, -0.2) is 5.78 Å².